The molecule has 0 amide bonds. The topological polar surface area (TPSA) is 93.1 Å². The van der Waals surface area contributed by atoms with Crippen LogP contribution in [0.15, 0.2) is 4.90 Å². The molecule has 0 aromatic heterocycles. The van der Waals surface area contributed by atoms with Crippen LogP contribution in [0.25, 0.3) is 0 Å². The molecule has 7 heteroatoms. The van der Waals surface area contributed by atoms with Crippen LogP contribution in [0, 0.1) is 0 Å². The first-order valence-electron chi connectivity index (χ1n) is 6.71. The zero-order valence-electron chi connectivity index (χ0n) is 12.9. The van der Waals surface area contributed by atoms with Crippen LogP contribution >= 0.6 is 0 Å². The number of benzene rings is 1. The van der Waals surface area contributed by atoms with E-state index in [0.717, 1.165) is 6.42 Å². The molecule has 1 aromatic rings. The number of ether oxygens (including phenoxy) is 2. The number of hydrogen-bond donors (Lipinski definition) is 2. The van der Waals surface area contributed by atoms with Crippen LogP contribution in [0.1, 0.15) is 44.2 Å². The molecular formula is C14H22O6S. The maximum Gasteiger partial charge on any atom is 0.302 e. The molecule has 0 saturated carbocycles. The van der Waals surface area contributed by atoms with E-state index in [1.165, 1.54) is 14.2 Å². The SMILES string of the molecule is CCc1c(OC)c(S(=O)(=O)O)c(O)c(OC)c1C(C)CC. The van der Waals surface area contributed by atoms with Crippen molar-refractivity contribution in [1.82, 2.24) is 0 Å². The van der Waals surface area contributed by atoms with E-state index >= 15 is 0 Å². The summed E-state index contributed by atoms with van der Waals surface area (Å²) in [5.74, 6) is -0.558. The Hall–Kier alpha value is -1.47. The Kier molecular flexibility index (Phi) is 5.47. The molecule has 1 aromatic carbocycles. The summed E-state index contributed by atoms with van der Waals surface area (Å²) in [4.78, 5) is -0.647. The van der Waals surface area contributed by atoms with Gasteiger partial charge in [-0.2, -0.15) is 8.42 Å². The number of phenolic OH excluding ortho intramolecular Hbond substituents is 1. The van der Waals surface area contributed by atoms with E-state index in [4.69, 9.17) is 9.47 Å². The molecule has 120 valence electrons. The Morgan fingerprint density at radius 2 is 1.67 bits per heavy atom. The lowest BCUT2D eigenvalue weighted by atomic mass is 9.90. The van der Waals surface area contributed by atoms with Gasteiger partial charge in [0, 0.05) is 11.1 Å². The van der Waals surface area contributed by atoms with Crippen molar-refractivity contribution >= 4 is 10.1 Å². The van der Waals surface area contributed by atoms with E-state index in [0.29, 0.717) is 17.5 Å². The number of hydrogen-bond acceptors (Lipinski definition) is 5. The van der Waals surface area contributed by atoms with Gasteiger partial charge >= 0.3 is 10.1 Å². The smallest absolute Gasteiger partial charge is 0.302 e. The van der Waals surface area contributed by atoms with Crippen LogP contribution in [0.5, 0.6) is 17.2 Å². The molecule has 0 aliphatic rings. The van der Waals surface area contributed by atoms with Crippen molar-refractivity contribution in [2.24, 2.45) is 0 Å². The molecular weight excluding hydrogens is 296 g/mol. The van der Waals surface area contributed by atoms with E-state index < -0.39 is 20.8 Å². The third-order valence-corrected chi connectivity index (χ3v) is 4.50. The molecule has 0 aliphatic carbocycles. The normalized spacial score (nSPS) is 13.0. The van der Waals surface area contributed by atoms with Crippen LogP contribution in [0.3, 0.4) is 0 Å². The van der Waals surface area contributed by atoms with Gasteiger partial charge in [-0.15, -0.1) is 0 Å². The lowest BCUT2D eigenvalue weighted by molar-refractivity contribution is 0.339. The first-order valence-corrected chi connectivity index (χ1v) is 8.15. The summed E-state index contributed by atoms with van der Waals surface area (Å²) in [7, 11) is -2.00. The number of methoxy groups -OCH3 is 2. The fraction of sp³-hybridized carbons (Fsp3) is 0.571. The molecule has 6 nitrogen and oxygen atoms in total. The highest BCUT2D eigenvalue weighted by atomic mass is 32.2. The lowest BCUT2D eigenvalue weighted by Crippen LogP contribution is -2.10. The number of aromatic hydroxyl groups is 1. The molecule has 2 N–H and O–H groups in total. The lowest BCUT2D eigenvalue weighted by Gasteiger charge is -2.23. The maximum absolute atomic E-state index is 11.6. The molecule has 0 radical (unpaired) electrons. The first kappa shape index (κ1) is 17.6. The molecule has 0 saturated heterocycles. The Morgan fingerprint density at radius 1 is 1.14 bits per heavy atom. The quantitative estimate of drug-likeness (QED) is 0.783. The minimum atomic E-state index is -4.65. The van der Waals surface area contributed by atoms with E-state index in [9.17, 15) is 18.1 Å². The van der Waals surface area contributed by atoms with Gasteiger partial charge in [-0.05, 0) is 18.8 Å². The van der Waals surface area contributed by atoms with Crippen molar-refractivity contribution in [3.8, 4) is 17.2 Å². The van der Waals surface area contributed by atoms with Crippen molar-refractivity contribution in [2.45, 2.75) is 44.4 Å². The van der Waals surface area contributed by atoms with Crippen LogP contribution in [-0.2, 0) is 16.5 Å². The Morgan fingerprint density at radius 3 is 2.00 bits per heavy atom. The van der Waals surface area contributed by atoms with Crippen molar-refractivity contribution in [1.29, 1.82) is 0 Å². The van der Waals surface area contributed by atoms with Gasteiger partial charge in [-0.1, -0.05) is 20.8 Å². The zero-order valence-corrected chi connectivity index (χ0v) is 13.7. The third kappa shape index (κ3) is 3.08. The molecule has 1 atom stereocenters. The highest BCUT2D eigenvalue weighted by molar-refractivity contribution is 7.86. The Labute approximate surface area is 125 Å². The Balaban J connectivity index is 3.98. The number of phenols is 1. The maximum atomic E-state index is 11.6. The molecule has 0 spiro atoms. The van der Waals surface area contributed by atoms with E-state index in [2.05, 4.69) is 0 Å². The summed E-state index contributed by atoms with van der Waals surface area (Å²) in [6.07, 6.45) is 1.25. The van der Waals surface area contributed by atoms with E-state index in [1.807, 2.05) is 20.8 Å². The number of rotatable bonds is 6. The first-order chi connectivity index (χ1) is 9.74. The molecule has 21 heavy (non-hydrogen) atoms. The van der Waals surface area contributed by atoms with Gasteiger partial charge in [-0.25, -0.2) is 0 Å². The molecule has 0 aliphatic heterocycles. The molecule has 0 bridgehead atoms. The van der Waals surface area contributed by atoms with E-state index in [-0.39, 0.29) is 17.4 Å². The minimum Gasteiger partial charge on any atom is -0.503 e. The van der Waals surface area contributed by atoms with Gasteiger partial charge in [-0.3, -0.25) is 4.55 Å². The molecule has 1 rings (SSSR count). The largest absolute Gasteiger partial charge is 0.503 e. The minimum absolute atomic E-state index is 0.0325. The Bertz CT molecular complexity index is 621. The average molecular weight is 318 g/mol. The van der Waals surface area contributed by atoms with Gasteiger partial charge in [0.2, 0.25) is 0 Å². The van der Waals surface area contributed by atoms with Crippen LogP contribution in [0.4, 0.5) is 0 Å². The fourth-order valence-electron chi connectivity index (χ4n) is 2.47. The van der Waals surface area contributed by atoms with Gasteiger partial charge in [0.25, 0.3) is 0 Å². The summed E-state index contributed by atoms with van der Waals surface area (Å²) in [5.41, 5.74) is 1.30. The highest BCUT2D eigenvalue weighted by Crippen LogP contribution is 2.49. The predicted octanol–water partition coefficient (Wildman–Crippen LogP) is 2.73. The van der Waals surface area contributed by atoms with Gasteiger partial charge in [0.15, 0.2) is 16.4 Å². The molecule has 0 heterocycles. The second kappa shape index (κ2) is 6.53. The summed E-state index contributed by atoms with van der Waals surface area (Å²) in [6, 6.07) is 0. The van der Waals surface area contributed by atoms with Crippen molar-refractivity contribution < 1.29 is 27.6 Å². The second-order valence-electron chi connectivity index (χ2n) is 4.77. The predicted molar refractivity (Wildman–Crippen MR) is 79.1 cm³/mol. The summed E-state index contributed by atoms with van der Waals surface area (Å²) < 4.78 is 42.9. The van der Waals surface area contributed by atoms with Gasteiger partial charge < -0.3 is 14.6 Å². The monoisotopic (exact) mass is 318 g/mol. The van der Waals surface area contributed by atoms with Crippen molar-refractivity contribution in [3.63, 3.8) is 0 Å². The van der Waals surface area contributed by atoms with Gasteiger partial charge in [0.05, 0.1) is 14.2 Å². The molecule has 1 unspecified atom stereocenters. The van der Waals surface area contributed by atoms with Crippen molar-refractivity contribution in [3.05, 3.63) is 11.1 Å². The van der Waals surface area contributed by atoms with Gasteiger partial charge in [0.1, 0.15) is 5.75 Å². The van der Waals surface area contributed by atoms with Crippen molar-refractivity contribution in [2.75, 3.05) is 14.2 Å². The van der Waals surface area contributed by atoms with Crippen LogP contribution < -0.4 is 9.47 Å². The molecule has 0 fully saturated rings. The van der Waals surface area contributed by atoms with Crippen LogP contribution in [-0.4, -0.2) is 32.3 Å². The standard InChI is InChI=1S/C14H22O6S/c1-6-8(3)10-9(7-2)12(19-4)14(21(16,17)18)11(15)13(10)20-5/h8,15H,6-7H2,1-5H3,(H,16,17,18). The van der Waals surface area contributed by atoms with E-state index in [1.54, 1.807) is 0 Å². The zero-order chi connectivity index (χ0) is 16.4. The van der Waals surface area contributed by atoms with Crippen LogP contribution in [0.2, 0.25) is 0 Å². The average Bonchev–Trinajstić information content (AvgIpc) is 2.43. The highest BCUT2D eigenvalue weighted by Gasteiger charge is 2.32. The third-order valence-electron chi connectivity index (χ3n) is 3.61. The summed E-state index contributed by atoms with van der Waals surface area (Å²) in [6.45, 7) is 5.76. The summed E-state index contributed by atoms with van der Waals surface area (Å²) in [5, 5.41) is 10.2. The fourth-order valence-corrected chi connectivity index (χ4v) is 3.25. The summed E-state index contributed by atoms with van der Waals surface area (Å²) >= 11 is 0. The second-order valence-corrected chi connectivity index (χ2v) is 6.13.